The molecule has 10 heteroatoms. The zero-order valence-corrected chi connectivity index (χ0v) is 20.8. The van der Waals surface area contributed by atoms with E-state index in [-0.39, 0.29) is 49.2 Å². The summed E-state index contributed by atoms with van der Waals surface area (Å²) in [6.45, 7) is 5.95. The van der Waals surface area contributed by atoms with Gasteiger partial charge in [0.05, 0.1) is 36.4 Å². The number of nitrogens with one attached hydrogen (secondary N) is 1. The van der Waals surface area contributed by atoms with Crippen LogP contribution in [0.3, 0.4) is 0 Å². The molecule has 1 fully saturated rings. The number of ether oxygens (including phenoxy) is 1. The van der Waals surface area contributed by atoms with E-state index in [1.165, 1.54) is 0 Å². The van der Waals surface area contributed by atoms with Crippen LogP contribution in [0.15, 0.2) is 35.5 Å². The quantitative estimate of drug-likeness (QED) is 0.578. The minimum Gasteiger partial charge on any atom is -0.466 e. The number of hydrogen-bond donors (Lipinski definition) is 1. The van der Waals surface area contributed by atoms with Gasteiger partial charge in [-0.25, -0.2) is 4.79 Å². The molecule has 4 amide bonds. The van der Waals surface area contributed by atoms with Crippen molar-refractivity contribution < 1.29 is 23.9 Å². The van der Waals surface area contributed by atoms with E-state index in [0.717, 1.165) is 0 Å². The number of esters is 1. The first kappa shape index (κ1) is 25.0. The zero-order valence-electron chi connectivity index (χ0n) is 20.1. The highest BCUT2D eigenvalue weighted by Crippen LogP contribution is 2.38. The molecule has 0 bridgehead atoms. The van der Waals surface area contributed by atoms with Gasteiger partial charge in [0.25, 0.3) is 5.91 Å². The van der Waals surface area contributed by atoms with E-state index in [4.69, 9.17) is 16.3 Å². The number of amides is 4. The number of halogens is 1. The highest BCUT2D eigenvalue weighted by Gasteiger charge is 2.44. The number of nitrogens with zero attached hydrogens (tertiary/aromatic N) is 3. The van der Waals surface area contributed by atoms with E-state index in [1.807, 2.05) is 13.0 Å². The number of hydrogen-bond acceptors (Lipinski definition) is 5. The molecular formula is C25H31ClN4O5. The van der Waals surface area contributed by atoms with Crippen molar-refractivity contribution in [2.75, 3.05) is 39.3 Å². The van der Waals surface area contributed by atoms with E-state index < -0.39 is 6.04 Å². The van der Waals surface area contributed by atoms with E-state index >= 15 is 0 Å². The lowest BCUT2D eigenvalue weighted by Crippen LogP contribution is -2.47. The van der Waals surface area contributed by atoms with E-state index in [2.05, 4.69) is 5.32 Å². The molecule has 188 valence electrons. The molecule has 1 saturated heterocycles. The predicted octanol–water partition coefficient (Wildman–Crippen LogP) is 2.71. The maximum absolute atomic E-state index is 13.4. The fourth-order valence-electron chi connectivity index (χ4n) is 5.02. The van der Waals surface area contributed by atoms with Crippen molar-refractivity contribution in [2.24, 2.45) is 5.92 Å². The molecule has 1 aromatic carbocycles. The number of urea groups is 1. The molecule has 0 radical (unpaired) electrons. The smallest absolute Gasteiger partial charge is 0.322 e. The third kappa shape index (κ3) is 5.00. The number of benzene rings is 1. The third-order valence-electron chi connectivity index (χ3n) is 6.89. The molecule has 0 saturated carbocycles. The van der Waals surface area contributed by atoms with E-state index in [0.29, 0.717) is 60.9 Å². The van der Waals surface area contributed by atoms with Gasteiger partial charge >= 0.3 is 12.0 Å². The lowest BCUT2D eigenvalue weighted by Gasteiger charge is -2.33. The van der Waals surface area contributed by atoms with Crippen LogP contribution >= 0.6 is 11.6 Å². The Balaban J connectivity index is 1.41. The molecule has 9 nitrogen and oxygen atoms in total. The Bertz CT molecular complexity index is 1050. The molecule has 4 rings (SSSR count). The summed E-state index contributed by atoms with van der Waals surface area (Å²) in [4.78, 5) is 56.0. The second-order valence-corrected chi connectivity index (χ2v) is 9.30. The fraction of sp³-hybridized carbons (Fsp3) is 0.520. The minimum absolute atomic E-state index is 0.0471. The Morgan fingerprint density at radius 2 is 1.86 bits per heavy atom. The van der Waals surface area contributed by atoms with Crippen LogP contribution in [0.2, 0.25) is 5.02 Å². The zero-order chi connectivity index (χ0) is 25.1. The summed E-state index contributed by atoms with van der Waals surface area (Å²) in [5.74, 6) is -0.608. The average Bonchev–Trinajstić information content (AvgIpc) is 3.18. The first-order valence-corrected chi connectivity index (χ1v) is 12.5. The van der Waals surface area contributed by atoms with Gasteiger partial charge in [0.1, 0.15) is 0 Å². The van der Waals surface area contributed by atoms with Gasteiger partial charge < -0.3 is 19.9 Å². The monoisotopic (exact) mass is 502 g/mol. The van der Waals surface area contributed by atoms with Crippen molar-refractivity contribution in [1.29, 1.82) is 0 Å². The van der Waals surface area contributed by atoms with E-state index in [1.54, 1.807) is 39.8 Å². The van der Waals surface area contributed by atoms with Crippen LogP contribution in [0, 0.1) is 5.92 Å². The van der Waals surface area contributed by atoms with Gasteiger partial charge in [-0.05, 0) is 38.3 Å². The van der Waals surface area contributed by atoms with Crippen LogP contribution in [-0.4, -0.2) is 77.8 Å². The molecule has 0 spiro atoms. The molecule has 0 aliphatic carbocycles. The molecular weight excluding hydrogens is 472 g/mol. The van der Waals surface area contributed by atoms with Crippen LogP contribution in [0.4, 0.5) is 4.79 Å². The second kappa shape index (κ2) is 10.7. The number of piperidine rings is 1. The van der Waals surface area contributed by atoms with Gasteiger partial charge in [-0.1, -0.05) is 29.8 Å². The Labute approximate surface area is 210 Å². The van der Waals surface area contributed by atoms with Crippen molar-refractivity contribution in [3.8, 4) is 0 Å². The third-order valence-corrected chi connectivity index (χ3v) is 7.24. The summed E-state index contributed by atoms with van der Waals surface area (Å²) in [5.41, 5.74) is 1.83. The number of carbonyl (C=O) groups excluding carboxylic acids is 4. The lowest BCUT2D eigenvalue weighted by atomic mass is 9.95. The SMILES string of the molecule is CCOC(=O)C1CCN(C(=O)CCN2CC3=C(C2=O)[C@@H](c2ccccc2Cl)NC(=O)N3CC)CC1. The van der Waals surface area contributed by atoms with Gasteiger partial charge in [0.15, 0.2) is 0 Å². The van der Waals surface area contributed by atoms with Gasteiger partial charge in [-0.2, -0.15) is 0 Å². The summed E-state index contributed by atoms with van der Waals surface area (Å²) in [6.07, 6.45) is 1.35. The largest absolute Gasteiger partial charge is 0.466 e. The number of rotatable bonds is 7. The summed E-state index contributed by atoms with van der Waals surface area (Å²) >= 11 is 6.39. The van der Waals surface area contributed by atoms with Gasteiger partial charge in [0, 0.05) is 37.6 Å². The maximum atomic E-state index is 13.4. The van der Waals surface area contributed by atoms with Crippen molar-refractivity contribution in [3.63, 3.8) is 0 Å². The Kier molecular flexibility index (Phi) is 7.64. The van der Waals surface area contributed by atoms with Crippen LogP contribution in [0.1, 0.15) is 44.7 Å². The summed E-state index contributed by atoms with van der Waals surface area (Å²) in [5, 5.41) is 3.39. The summed E-state index contributed by atoms with van der Waals surface area (Å²) in [7, 11) is 0. The van der Waals surface area contributed by atoms with Crippen molar-refractivity contribution in [3.05, 3.63) is 46.1 Å². The van der Waals surface area contributed by atoms with E-state index in [9.17, 15) is 19.2 Å². The first-order valence-electron chi connectivity index (χ1n) is 12.1. The Morgan fingerprint density at radius 1 is 1.14 bits per heavy atom. The molecule has 1 atom stereocenters. The van der Waals surface area contributed by atoms with Crippen LogP contribution in [0.5, 0.6) is 0 Å². The molecule has 3 heterocycles. The standard InChI is InChI=1S/C25H31ClN4O5/c1-3-30-19-15-29(14-11-20(31)28-12-9-16(10-13-28)24(33)35-4-2)23(32)21(19)22(27-25(30)34)17-7-5-6-8-18(17)26/h5-8,16,22H,3-4,9-15H2,1-2H3,(H,27,34)/t22-/m1/s1. The lowest BCUT2D eigenvalue weighted by molar-refractivity contribution is -0.151. The molecule has 1 aromatic rings. The average molecular weight is 503 g/mol. The van der Waals surface area contributed by atoms with Gasteiger partial charge in [-0.3, -0.25) is 19.3 Å². The topological polar surface area (TPSA) is 99.3 Å². The summed E-state index contributed by atoms with van der Waals surface area (Å²) in [6, 6.07) is 6.25. The maximum Gasteiger partial charge on any atom is 0.322 e. The van der Waals surface area contributed by atoms with Crippen molar-refractivity contribution >= 4 is 35.4 Å². The molecule has 1 N–H and O–H groups in total. The minimum atomic E-state index is -0.635. The molecule has 0 unspecified atom stereocenters. The second-order valence-electron chi connectivity index (χ2n) is 8.89. The Morgan fingerprint density at radius 3 is 2.51 bits per heavy atom. The van der Waals surface area contributed by atoms with Gasteiger partial charge in [0.2, 0.25) is 5.91 Å². The first-order chi connectivity index (χ1) is 16.8. The molecule has 3 aliphatic heterocycles. The molecule has 0 aromatic heterocycles. The van der Waals surface area contributed by atoms with Crippen LogP contribution in [0.25, 0.3) is 0 Å². The summed E-state index contributed by atoms with van der Waals surface area (Å²) < 4.78 is 5.09. The predicted molar refractivity (Wildman–Crippen MR) is 129 cm³/mol. The molecule has 3 aliphatic rings. The number of carbonyl (C=O) groups is 4. The normalized spacial score (nSPS) is 20.8. The highest BCUT2D eigenvalue weighted by molar-refractivity contribution is 6.31. The number of likely N-dealkylation sites (N-methyl/N-ethyl adjacent to an activating group) is 1. The van der Waals surface area contributed by atoms with Crippen molar-refractivity contribution in [2.45, 2.75) is 39.2 Å². The fourth-order valence-corrected chi connectivity index (χ4v) is 5.26. The number of likely N-dealkylation sites (tertiary alicyclic amines) is 1. The van der Waals surface area contributed by atoms with Crippen LogP contribution in [-0.2, 0) is 19.1 Å². The molecule has 35 heavy (non-hydrogen) atoms. The highest BCUT2D eigenvalue weighted by atomic mass is 35.5. The van der Waals surface area contributed by atoms with Gasteiger partial charge in [-0.15, -0.1) is 0 Å². The Hall–Kier alpha value is -3.07. The van der Waals surface area contributed by atoms with Crippen LogP contribution < -0.4 is 5.32 Å². The van der Waals surface area contributed by atoms with Crippen molar-refractivity contribution in [1.82, 2.24) is 20.0 Å².